The molecule has 1 aromatic carbocycles. The van der Waals surface area contributed by atoms with Gasteiger partial charge in [-0.15, -0.1) is 24.0 Å². The molecule has 2 heterocycles. The largest absolute Gasteiger partial charge is 0.357 e. The van der Waals surface area contributed by atoms with Crippen LogP contribution in [0.1, 0.15) is 25.0 Å². The summed E-state index contributed by atoms with van der Waals surface area (Å²) in [4.78, 5) is 25.4. The third kappa shape index (κ3) is 7.39. The Bertz CT molecular complexity index is 679. The molecule has 2 aliphatic rings. The number of hydrogen-bond acceptors (Lipinski definition) is 4. The summed E-state index contributed by atoms with van der Waals surface area (Å²) in [5.74, 6) is 1.10. The molecule has 2 saturated heterocycles. The van der Waals surface area contributed by atoms with Crippen LogP contribution in [0.25, 0.3) is 0 Å². The minimum absolute atomic E-state index is 0. The fraction of sp³-hybridized carbons (Fsp3) is 0.636. The van der Waals surface area contributed by atoms with Crippen LogP contribution in [0.2, 0.25) is 0 Å². The standard InChI is InChI=1S/C22H36N6O.HI/c1-4-23-22(28-15-13-27(14-16-28)19(2)29)24-17-20-5-7-21(8-6-20)18-26-11-9-25(3)10-12-26;/h5-8H,4,9-18H2,1-3H3,(H,23,24);1H. The van der Waals surface area contributed by atoms with Crippen molar-refractivity contribution in [3.05, 3.63) is 35.4 Å². The van der Waals surface area contributed by atoms with Crippen molar-refractivity contribution >= 4 is 35.8 Å². The second-order valence-electron chi connectivity index (χ2n) is 8.06. The fourth-order valence-electron chi connectivity index (χ4n) is 3.84. The molecule has 7 nitrogen and oxygen atoms in total. The molecule has 1 aromatic rings. The number of hydrogen-bond donors (Lipinski definition) is 1. The lowest BCUT2D eigenvalue weighted by Crippen LogP contribution is -2.53. The smallest absolute Gasteiger partial charge is 0.219 e. The molecule has 30 heavy (non-hydrogen) atoms. The average Bonchev–Trinajstić information content (AvgIpc) is 2.74. The number of piperazine rings is 2. The van der Waals surface area contributed by atoms with E-state index in [1.165, 1.54) is 11.1 Å². The predicted molar refractivity (Wildman–Crippen MR) is 133 cm³/mol. The highest BCUT2D eigenvalue weighted by molar-refractivity contribution is 14.0. The summed E-state index contributed by atoms with van der Waals surface area (Å²) >= 11 is 0. The SMILES string of the molecule is CCNC(=NCc1ccc(CN2CCN(C)CC2)cc1)N1CCN(C(C)=O)CC1.I. The number of carbonyl (C=O) groups excluding carboxylic acids is 1. The average molecular weight is 528 g/mol. The Morgan fingerprint density at radius 1 is 0.933 bits per heavy atom. The van der Waals surface area contributed by atoms with Gasteiger partial charge in [0.15, 0.2) is 5.96 Å². The van der Waals surface area contributed by atoms with Gasteiger partial charge in [0.25, 0.3) is 0 Å². The summed E-state index contributed by atoms with van der Waals surface area (Å²) < 4.78 is 0. The molecule has 2 fully saturated rings. The van der Waals surface area contributed by atoms with Gasteiger partial charge >= 0.3 is 0 Å². The highest BCUT2D eigenvalue weighted by atomic mass is 127. The number of benzene rings is 1. The number of carbonyl (C=O) groups is 1. The first-order valence-electron chi connectivity index (χ1n) is 10.8. The molecule has 0 radical (unpaired) electrons. The molecule has 8 heteroatoms. The first-order chi connectivity index (χ1) is 14.0. The van der Waals surface area contributed by atoms with Gasteiger partial charge in [-0.25, -0.2) is 4.99 Å². The molecule has 0 aromatic heterocycles. The molecular weight excluding hydrogens is 491 g/mol. The normalized spacial score (nSPS) is 18.8. The van der Waals surface area contributed by atoms with E-state index < -0.39 is 0 Å². The maximum atomic E-state index is 11.5. The van der Waals surface area contributed by atoms with Crippen molar-refractivity contribution in [2.24, 2.45) is 4.99 Å². The van der Waals surface area contributed by atoms with Crippen LogP contribution in [0.15, 0.2) is 29.3 Å². The zero-order valence-corrected chi connectivity index (χ0v) is 21.0. The summed E-state index contributed by atoms with van der Waals surface area (Å²) in [6.45, 7) is 14.1. The first kappa shape index (κ1) is 24.9. The van der Waals surface area contributed by atoms with Crippen LogP contribution in [-0.2, 0) is 17.9 Å². The van der Waals surface area contributed by atoms with Gasteiger partial charge in [0.05, 0.1) is 6.54 Å². The van der Waals surface area contributed by atoms with Crippen molar-refractivity contribution < 1.29 is 4.79 Å². The van der Waals surface area contributed by atoms with Crippen molar-refractivity contribution in [3.63, 3.8) is 0 Å². The third-order valence-corrected chi connectivity index (χ3v) is 5.80. The van der Waals surface area contributed by atoms with E-state index in [1.54, 1.807) is 6.92 Å². The molecule has 2 aliphatic heterocycles. The van der Waals surface area contributed by atoms with Gasteiger partial charge in [-0.3, -0.25) is 9.69 Å². The summed E-state index contributed by atoms with van der Waals surface area (Å²) in [6.07, 6.45) is 0. The van der Waals surface area contributed by atoms with Gasteiger partial charge in [-0.05, 0) is 25.1 Å². The van der Waals surface area contributed by atoms with Gasteiger partial charge in [0.1, 0.15) is 0 Å². The van der Waals surface area contributed by atoms with Crippen molar-refractivity contribution in [2.45, 2.75) is 26.9 Å². The lowest BCUT2D eigenvalue weighted by atomic mass is 10.1. The van der Waals surface area contributed by atoms with Crippen LogP contribution < -0.4 is 5.32 Å². The van der Waals surface area contributed by atoms with Crippen molar-refractivity contribution in [2.75, 3.05) is 66.0 Å². The van der Waals surface area contributed by atoms with E-state index >= 15 is 0 Å². The first-order valence-corrected chi connectivity index (χ1v) is 10.8. The molecule has 0 aliphatic carbocycles. The number of guanidine groups is 1. The molecule has 0 bridgehead atoms. The van der Waals surface area contributed by atoms with Crippen molar-refractivity contribution in [1.29, 1.82) is 0 Å². The summed E-state index contributed by atoms with van der Waals surface area (Å²) in [5.41, 5.74) is 2.60. The lowest BCUT2D eigenvalue weighted by molar-refractivity contribution is -0.130. The lowest BCUT2D eigenvalue weighted by Gasteiger charge is -2.36. The number of likely N-dealkylation sites (N-methyl/N-ethyl adjacent to an activating group) is 1. The maximum Gasteiger partial charge on any atom is 0.219 e. The van der Waals surface area contributed by atoms with Crippen molar-refractivity contribution in [1.82, 2.24) is 24.9 Å². The molecule has 3 rings (SSSR count). The highest BCUT2D eigenvalue weighted by Crippen LogP contribution is 2.11. The quantitative estimate of drug-likeness (QED) is 0.358. The minimum Gasteiger partial charge on any atom is -0.357 e. The van der Waals surface area contributed by atoms with E-state index in [-0.39, 0.29) is 29.9 Å². The van der Waals surface area contributed by atoms with E-state index in [1.807, 2.05) is 4.90 Å². The van der Waals surface area contributed by atoms with Crippen LogP contribution in [0.3, 0.4) is 0 Å². The Morgan fingerprint density at radius 2 is 1.50 bits per heavy atom. The number of nitrogens with one attached hydrogen (secondary N) is 1. The summed E-state index contributed by atoms with van der Waals surface area (Å²) in [5, 5.41) is 3.40. The Kier molecular flexibility index (Phi) is 10.3. The van der Waals surface area contributed by atoms with Gasteiger partial charge in [-0.2, -0.15) is 0 Å². The second-order valence-corrected chi connectivity index (χ2v) is 8.06. The summed E-state index contributed by atoms with van der Waals surface area (Å²) in [6, 6.07) is 8.88. The predicted octanol–water partition coefficient (Wildman–Crippen LogP) is 1.68. The molecule has 0 atom stereocenters. The molecular formula is C22H37IN6O. The zero-order valence-electron chi connectivity index (χ0n) is 18.6. The number of rotatable bonds is 5. The van der Waals surface area contributed by atoms with Gasteiger partial charge in [0, 0.05) is 72.4 Å². The van der Waals surface area contributed by atoms with E-state index in [0.717, 1.165) is 71.4 Å². The van der Waals surface area contributed by atoms with E-state index in [2.05, 4.69) is 58.3 Å². The van der Waals surface area contributed by atoms with Crippen LogP contribution in [0, 0.1) is 0 Å². The Hall–Kier alpha value is -1.39. The maximum absolute atomic E-state index is 11.5. The molecule has 1 amide bonds. The monoisotopic (exact) mass is 528 g/mol. The van der Waals surface area contributed by atoms with E-state index in [9.17, 15) is 4.79 Å². The Morgan fingerprint density at radius 3 is 2.07 bits per heavy atom. The van der Waals surface area contributed by atoms with E-state index in [0.29, 0.717) is 6.54 Å². The van der Waals surface area contributed by atoms with Gasteiger partial charge in [0.2, 0.25) is 5.91 Å². The van der Waals surface area contributed by atoms with Gasteiger partial charge in [-0.1, -0.05) is 24.3 Å². The Balaban J connectivity index is 0.00000320. The number of halogens is 1. The zero-order chi connectivity index (χ0) is 20.6. The number of amides is 1. The number of nitrogens with zero attached hydrogens (tertiary/aromatic N) is 5. The number of aliphatic imine (C=N–C) groups is 1. The summed E-state index contributed by atoms with van der Waals surface area (Å²) in [7, 11) is 2.19. The van der Waals surface area contributed by atoms with Crippen LogP contribution in [0.5, 0.6) is 0 Å². The fourth-order valence-corrected chi connectivity index (χ4v) is 3.84. The molecule has 0 spiro atoms. The molecule has 1 N–H and O–H groups in total. The highest BCUT2D eigenvalue weighted by Gasteiger charge is 2.20. The topological polar surface area (TPSA) is 54.4 Å². The van der Waals surface area contributed by atoms with Crippen LogP contribution >= 0.6 is 24.0 Å². The third-order valence-electron chi connectivity index (χ3n) is 5.80. The minimum atomic E-state index is 0. The Labute approximate surface area is 198 Å². The van der Waals surface area contributed by atoms with Crippen LogP contribution in [-0.4, -0.2) is 97.4 Å². The van der Waals surface area contributed by atoms with Crippen molar-refractivity contribution in [3.8, 4) is 0 Å². The molecule has 0 saturated carbocycles. The second kappa shape index (κ2) is 12.5. The van der Waals surface area contributed by atoms with E-state index in [4.69, 9.17) is 4.99 Å². The molecule has 168 valence electrons. The van der Waals surface area contributed by atoms with Gasteiger partial charge < -0.3 is 20.0 Å². The molecule has 0 unspecified atom stereocenters. The van der Waals surface area contributed by atoms with Crippen LogP contribution in [0.4, 0.5) is 0 Å².